The Morgan fingerprint density at radius 3 is 2.59 bits per heavy atom. The Hall–Kier alpha value is -2.96. The first-order chi connectivity index (χ1) is 13.8. The predicted octanol–water partition coefficient (Wildman–Crippen LogP) is 4.12. The van der Waals surface area contributed by atoms with E-state index in [2.05, 4.69) is 5.32 Å². The van der Waals surface area contributed by atoms with Gasteiger partial charge < -0.3 is 15.8 Å². The highest BCUT2D eigenvalue weighted by atomic mass is 19.1. The molecule has 156 valence electrons. The number of ketones is 1. The number of nitrogens with two attached hydrogens (primary N) is 1. The monoisotopic (exact) mass is 404 g/mol. The highest BCUT2D eigenvalue weighted by molar-refractivity contribution is 6.07. The van der Waals surface area contributed by atoms with Crippen molar-refractivity contribution in [3.05, 3.63) is 65.3 Å². The molecular weight excluding hydrogens is 378 g/mol. The van der Waals surface area contributed by atoms with Gasteiger partial charge in [-0.3, -0.25) is 9.59 Å². The third-order valence-corrected chi connectivity index (χ3v) is 4.40. The Morgan fingerprint density at radius 2 is 1.93 bits per heavy atom. The molecule has 29 heavy (non-hydrogen) atoms. The molecule has 1 aromatic rings. The predicted molar refractivity (Wildman–Crippen MR) is 108 cm³/mol. The van der Waals surface area contributed by atoms with Gasteiger partial charge >= 0.3 is 5.97 Å². The van der Waals surface area contributed by atoms with Crippen LogP contribution in [0.1, 0.15) is 32.3 Å². The Kier molecular flexibility index (Phi) is 8.12. The van der Waals surface area contributed by atoms with Crippen LogP contribution in [0.25, 0.3) is 0 Å². The van der Waals surface area contributed by atoms with Crippen molar-refractivity contribution in [2.45, 2.75) is 39.3 Å². The maximum Gasteiger partial charge on any atom is 0.310 e. The SMILES string of the molecule is CCCCOC(=O)Cc1ccc(N/C(N)=C/C(=O)C2=CC(C)C(F)C=C2F)cc1. The van der Waals surface area contributed by atoms with Crippen LogP contribution in [0.3, 0.4) is 0 Å². The summed E-state index contributed by atoms with van der Waals surface area (Å²) < 4.78 is 32.4. The molecule has 0 aliphatic heterocycles. The fourth-order valence-electron chi connectivity index (χ4n) is 2.69. The normalized spacial score (nSPS) is 19.2. The highest BCUT2D eigenvalue weighted by Gasteiger charge is 2.24. The number of allylic oxidation sites excluding steroid dienone is 5. The smallest absolute Gasteiger partial charge is 0.310 e. The molecule has 7 heteroatoms. The molecule has 1 aliphatic carbocycles. The average Bonchev–Trinajstić information content (AvgIpc) is 2.66. The molecule has 0 radical (unpaired) electrons. The number of nitrogens with one attached hydrogen (secondary N) is 1. The van der Waals surface area contributed by atoms with Crippen molar-refractivity contribution in [2.75, 3.05) is 11.9 Å². The second-order valence-electron chi connectivity index (χ2n) is 6.94. The maximum absolute atomic E-state index is 13.8. The molecule has 0 spiro atoms. The summed E-state index contributed by atoms with van der Waals surface area (Å²) in [5.41, 5.74) is 7.00. The summed E-state index contributed by atoms with van der Waals surface area (Å²) in [5.74, 6) is -2.39. The zero-order valence-corrected chi connectivity index (χ0v) is 16.6. The van der Waals surface area contributed by atoms with Crippen molar-refractivity contribution >= 4 is 17.4 Å². The molecule has 3 N–H and O–H groups in total. The number of unbranched alkanes of at least 4 members (excludes halogenated alkanes) is 1. The summed E-state index contributed by atoms with van der Waals surface area (Å²) in [6, 6.07) is 6.90. The van der Waals surface area contributed by atoms with Crippen LogP contribution in [0, 0.1) is 5.92 Å². The van der Waals surface area contributed by atoms with E-state index in [0.717, 1.165) is 30.6 Å². The lowest BCUT2D eigenvalue weighted by Gasteiger charge is -2.16. The van der Waals surface area contributed by atoms with E-state index in [1.54, 1.807) is 31.2 Å². The van der Waals surface area contributed by atoms with Crippen LogP contribution in [-0.2, 0) is 20.7 Å². The van der Waals surface area contributed by atoms with Gasteiger partial charge in [-0.05, 0) is 30.2 Å². The quantitative estimate of drug-likeness (QED) is 0.368. The van der Waals surface area contributed by atoms with Gasteiger partial charge in [0.1, 0.15) is 17.8 Å². The topological polar surface area (TPSA) is 81.4 Å². The third-order valence-electron chi connectivity index (χ3n) is 4.40. The lowest BCUT2D eigenvalue weighted by molar-refractivity contribution is -0.142. The highest BCUT2D eigenvalue weighted by Crippen LogP contribution is 2.27. The minimum Gasteiger partial charge on any atom is -0.465 e. The number of benzene rings is 1. The zero-order valence-electron chi connectivity index (χ0n) is 16.6. The molecule has 0 aromatic heterocycles. The van der Waals surface area contributed by atoms with Crippen LogP contribution in [0.4, 0.5) is 14.5 Å². The first-order valence-electron chi connectivity index (χ1n) is 9.56. The van der Waals surface area contributed by atoms with Crippen LogP contribution in [0.15, 0.2) is 59.7 Å². The van der Waals surface area contributed by atoms with Crippen molar-refractivity contribution in [1.29, 1.82) is 0 Å². The molecule has 0 fully saturated rings. The second-order valence-corrected chi connectivity index (χ2v) is 6.94. The Balaban J connectivity index is 1.94. The van der Waals surface area contributed by atoms with Gasteiger partial charge in [0.05, 0.1) is 18.6 Å². The van der Waals surface area contributed by atoms with Gasteiger partial charge in [0.2, 0.25) is 0 Å². The van der Waals surface area contributed by atoms with E-state index >= 15 is 0 Å². The maximum atomic E-state index is 13.8. The van der Waals surface area contributed by atoms with E-state index in [0.29, 0.717) is 12.3 Å². The van der Waals surface area contributed by atoms with Gasteiger partial charge in [0.15, 0.2) is 5.78 Å². The number of alkyl halides is 1. The molecular formula is C22H26F2N2O3. The largest absolute Gasteiger partial charge is 0.465 e. The van der Waals surface area contributed by atoms with Crippen LogP contribution < -0.4 is 11.1 Å². The van der Waals surface area contributed by atoms with E-state index in [4.69, 9.17) is 10.5 Å². The molecule has 1 aromatic carbocycles. The van der Waals surface area contributed by atoms with Gasteiger partial charge in [-0.1, -0.05) is 38.5 Å². The van der Waals surface area contributed by atoms with Crippen molar-refractivity contribution in [1.82, 2.24) is 0 Å². The number of rotatable bonds is 9. The second kappa shape index (κ2) is 10.5. The Labute approximate surface area is 169 Å². The van der Waals surface area contributed by atoms with Crippen LogP contribution >= 0.6 is 0 Å². The van der Waals surface area contributed by atoms with Gasteiger partial charge in [-0.25, -0.2) is 8.78 Å². The number of halogens is 2. The summed E-state index contributed by atoms with van der Waals surface area (Å²) in [6.07, 6.45) is 3.63. The Bertz CT molecular complexity index is 829. The molecule has 5 nitrogen and oxygen atoms in total. The molecule has 0 amide bonds. The number of carbonyl (C=O) groups excluding carboxylic acids is 2. The minimum absolute atomic E-state index is 0.0189. The molecule has 0 saturated carbocycles. The number of hydrogen-bond donors (Lipinski definition) is 2. The van der Waals surface area contributed by atoms with Gasteiger partial charge in [0, 0.05) is 17.7 Å². The first kappa shape index (κ1) is 22.3. The van der Waals surface area contributed by atoms with E-state index in [1.807, 2.05) is 6.92 Å². The number of ether oxygens (including phenoxy) is 1. The number of carbonyl (C=O) groups is 2. The van der Waals surface area contributed by atoms with Crippen LogP contribution in [0.5, 0.6) is 0 Å². The zero-order chi connectivity index (χ0) is 21.4. The molecule has 2 rings (SSSR count). The average molecular weight is 404 g/mol. The molecule has 2 atom stereocenters. The number of anilines is 1. The Morgan fingerprint density at radius 1 is 1.24 bits per heavy atom. The number of hydrogen-bond acceptors (Lipinski definition) is 5. The van der Waals surface area contributed by atoms with Crippen molar-refractivity contribution in [3.8, 4) is 0 Å². The van der Waals surface area contributed by atoms with E-state index in [9.17, 15) is 18.4 Å². The summed E-state index contributed by atoms with van der Waals surface area (Å²) >= 11 is 0. The summed E-state index contributed by atoms with van der Waals surface area (Å²) in [7, 11) is 0. The van der Waals surface area contributed by atoms with Gasteiger partial charge in [0.25, 0.3) is 0 Å². The summed E-state index contributed by atoms with van der Waals surface area (Å²) in [5, 5.41) is 2.83. The molecule has 1 aliphatic rings. The molecule has 2 unspecified atom stereocenters. The summed E-state index contributed by atoms with van der Waals surface area (Å²) in [6.45, 7) is 4.00. The lowest BCUT2D eigenvalue weighted by atomic mass is 9.93. The van der Waals surface area contributed by atoms with Crippen molar-refractivity contribution in [2.24, 2.45) is 11.7 Å². The van der Waals surface area contributed by atoms with E-state index in [1.165, 1.54) is 6.08 Å². The molecule has 0 saturated heterocycles. The van der Waals surface area contributed by atoms with Crippen LogP contribution in [-0.4, -0.2) is 24.5 Å². The van der Waals surface area contributed by atoms with E-state index < -0.39 is 23.7 Å². The minimum atomic E-state index is -1.45. The fraction of sp³-hybridized carbons (Fsp3) is 0.364. The van der Waals surface area contributed by atoms with Crippen LogP contribution in [0.2, 0.25) is 0 Å². The first-order valence-corrected chi connectivity index (χ1v) is 9.56. The molecule has 0 bridgehead atoms. The van der Waals surface area contributed by atoms with Crippen molar-refractivity contribution < 1.29 is 23.1 Å². The summed E-state index contributed by atoms with van der Waals surface area (Å²) in [4.78, 5) is 23.9. The van der Waals surface area contributed by atoms with Crippen molar-refractivity contribution in [3.63, 3.8) is 0 Å². The fourth-order valence-corrected chi connectivity index (χ4v) is 2.69. The standard InChI is InChI=1S/C22H26F2N2O3/c1-3-4-9-29-22(28)11-15-5-7-16(8-6-15)26-21(25)13-20(27)17-10-14(2)18(23)12-19(17)24/h5-8,10,12-14,18,26H,3-4,9,11,25H2,1-2H3/b21-13+. The molecule has 0 heterocycles. The third kappa shape index (κ3) is 6.85. The number of esters is 1. The van der Waals surface area contributed by atoms with Gasteiger partial charge in [-0.2, -0.15) is 0 Å². The van der Waals surface area contributed by atoms with E-state index in [-0.39, 0.29) is 23.8 Å². The lowest BCUT2D eigenvalue weighted by Crippen LogP contribution is -2.18. The van der Waals surface area contributed by atoms with Gasteiger partial charge in [-0.15, -0.1) is 0 Å².